The van der Waals surface area contributed by atoms with Crippen molar-refractivity contribution in [3.8, 4) is 0 Å². The van der Waals surface area contributed by atoms with E-state index in [0.29, 0.717) is 31.9 Å². The van der Waals surface area contributed by atoms with E-state index in [0.717, 1.165) is 17.8 Å². The molecular formula is C22H23F2N3O3S. The van der Waals surface area contributed by atoms with Gasteiger partial charge < -0.3 is 9.32 Å². The predicted octanol–water partition coefficient (Wildman–Crippen LogP) is 3.40. The van der Waals surface area contributed by atoms with Crippen molar-refractivity contribution in [3.63, 3.8) is 0 Å². The molecule has 6 nitrogen and oxygen atoms in total. The van der Waals surface area contributed by atoms with Crippen molar-refractivity contribution < 1.29 is 21.6 Å². The number of hydrogen-bond acceptors (Lipinski definition) is 5. The van der Waals surface area contributed by atoms with Crippen LogP contribution in [0.25, 0.3) is 0 Å². The molecule has 4 rings (SSSR count). The topological polar surface area (TPSA) is 65.8 Å². The van der Waals surface area contributed by atoms with Crippen LogP contribution in [0.3, 0.4) is 0 Å². The average molecular weight is 448 g/mol. The first-order valence-electron chi connectivity index (χ1n) is 9.95. The number of benzene rings is 2. The van der Waals surface area contributed by atoms with E-state index in [4.69, 9.17) is 4.42 Å². The summed E-state index contributed by atoms with van der Waals surface area (Å²) in [7, 11) is -3.79. The molecule has 0 saturated carbocycles. The SMILES string of the molecule is O=S(=O)(NC[C@H](c1ccco1)N1CCN(c2ccc(F)cc2)CC1)c1ccc(F)cc1. The monoisotopic (exact) mass is 447 g/mol. The first-order chi connectivity index (χ1) is 14.9. The Kier molecular flexibility index (Phi) is 6.35. The largest absolute Gasteiger partial charge is 0.468 e. The molecule has 9 heteroatoms. The van der Waals surface area contributed by atoms with Crippen LogP contribution in [0.5, 0.6) is 0 Å². The molecule has 2 heterocycles. The highest BCUT2D eigenvalue weighted by Gasteiger charge is 2.28. The number of furan rings is 1. The maximum atomic E-state index is 13.2. The Morgan fingerprint density at radius 2 is 1.52 bits per heavy atom. The van der Waals surface area contributed by atoms with Crippen LogP contribution in [-0.2, 0) is 10.0 Å². The molecule has 3 aromatic rings. The Balaban J connectivity index is 1.44. The van der Waals surface area contributed by atoms with Crippen molar-refractivity contribution in [2.24, 2.45) is 0 Å². The van der Waals surface area contributed by atoms with E-state index in [1.54, 1.807) is 24.5 Å². The van der Waals surface area contributed by atoms with Crippen molar-refractivity contribution >= 4 is 15.7 Å². The number of piperazine rings is 1. The molecule has 1 saturated heterocycles. The molecule has 0 unspecified atom stereocenters. The van der Waals surface area contributed by atoms with Crippen molar-refractivity contribution in [2.45, 2.75) is 10.9 Å². The number of nitrogens with zero attached hydrogens (tertiary/aromatic N) is 2. The van der Waals surface area contributed by atoms with E-state index in [2.05, 4.69) is 14.5 Å². The molecule has 0 aliphatic carbocycles. The lowest BCUT2D eigenvalue weighted by Gasteiger charge is -2.39. The summed E-state index contributed by atoms with van der Waals surface area (Å²) in [6, 6.07) is 14.4. The number of anilines is 1. The molecule has 1 aliphatic rings. The lowest BCUT2D eigenvalue weighted by molar-refractivity contribution is 0.166. The third-order valence-corrected chi connectivity index (χ3v) is 6.85. The molecule has 1 atom stereocenters. The smallest absolute Gasteiger partial charge is 0.240 e. The number of sulfonamides is 1. The Bertz CT molecular complexity index is 1080. The third-order valence-electron chi connectivity index (χ3n) is 5.41. The van der Waals surface area contributed by atoms with Crippen LogP contribution >= 0.6 is 0 Å². The van der Waals surface area contributed by atoms with Gasteiger partial charge in [-0.2, -0.15) is 0 Å². The molecule has 31 heavy (non-hydrogen) atoms. The van der Waals surface area contributed by atoms with Gasteiger partial charge in [-0.15, -0.1) is 0 Å². The second-order valence-corrected chi connectivity index (χ2v) is 9.10. The van der Waals surface area contributed by atoms with E-state index < -0.39 is 15.8 Å². The molecule has 0 radical (unpaired) electrons. The lowest BCUT2D eigenvalue weighted by Crippen LogP contribution is -2.49. The van der Waals surface area contributed by atoms with Gasteiger partial charge in [-0.05, 0) is 60.7 Å². The maximum Gasteiger partial charge on any atom is 0.240 e. The molecule has 2 aromatic carbocycles. The molecular weight excluding hydrogens is 424 g/mol. The van der Waals surface area contributed by atoms with E-state index in [1.165, 1.54) is 24.3 Å². The lowest BCUT2D eigenvalue weighted by atomic mass is 10.1. The van der Waals surface area contributed by atoms with Gasteiger partial charge in [-0.3, -0.25) is 4.90 Å². The Morgan fingerprint density at radius 1 is 0.903 bits per heavy atom. The fourth-order valence-corrected chi connectivity index (χ4v) is 4.76. The average Bonchev–Trinajstić information content (AvgIpc) is 3.30. The molecule has 1 aliphatic heterocycles. The van der Waals surface area contributed by atoms with Crippen molar-refractivity contribution in [2.75, 3.05) is 37.6 Å². The Hall–Kier alpha value is -2.75. The minimum atomic E-state index is -3.79. The number of nitrogens with one attached hydrogen (secondary N) is 1. The summed E-state index contributed by atoms with van der Waals surface area (Å²) in [6.45, 7) is 2.91. The number of hydrogen-bond donors (Lipinski definition) is 1. The van der Waals surface area contributed by atoms with Crippen LogP contribution in [0.2, 0.25) is 0 Å². The van der Waals surface area contributed by atoms with Gasteiger partial charge in [0.2, 0.25) is 10.0 Å². The highest BCUT2D eigenvalue weighted by atomic mass is 32.2. The summed E-state index contributed by atoms with van der Waals surface area (Å²) in [4.78, 5) is 4.33. The van der Waals surface area contributed by atoms with Crippen LogP contribution in [0.15, 0.2) is 76.2 Å². The number of halogens is 2. The highest BCUT2D eigenvalue weighted by Crippen LogP contribution is 2.25. The van der Waals surface area contributed by atoms with E-state index in [-0.39, 0.29) is 23.3 Å². The van der Waals surface area contributed by atoms with E-state index in [9.17, 15) is 17.2 Å². The molecule has 164 valence electrons. The zero-order chi connectivity index (χ0) is 21.8. The Morgan fingerprint density at radius 3 is 2.10 bits per heavy atom. The molecule has 0 amide bonds. The second-order valence-electron chi connectivity index (χ2n) is 7.34. The van der Waals surface area contributed by atoms with Crippen LogP contribution in [0.1, 0.15) is 11.8 Å². The maximum absolute atomic E-state index is 13.2. The van der Waals surface area contributed by atoms with Gasteiger partial charge in [0.05, 0.1) is 17.2 Å². The highest BCUT2D eigenvalue weighted by molar-refractivity contribution is 7.89. The Labute approximate surface area is 180 Å². The van der Waals surface area contributed by atoms with Crippen LogP contribution in [0, 0.1) is 11.6 Å². The van der Waals surface area contributed by atoms with Crippen molar-refractivity contribution in [3.05, 3.63) is 84.3 Å². The first kappa shape index (κ1) is 21.5. The zero-order valence-corrected chi connectivity index (χ0v) is 17.6. The normalized spacial score (nSPS) is 16.4. The van der Waals surface area contributed by atoms with E-state index >= 15 is 0 Å². The van der Waals surface area contributed by atoms with Crippen LogP contribution in [0.4, 0.5) is 14.5 Å². The van der Waals surface area contributed by atoms with Gasteiger partial charge in [0.15, 0.2) is 0 Å². The fraction of sp³-hybridized carbons (Fsp3) is 0.273. The molecule has 1 N–H and O–H groups in total. The van der Waals surface area contributed by atoms with Gasteiger partial charge in [0.25, 0.3) is 0 Å². The summed E-state index contributed by atoms with van der Waals surface area (Å²) in [5.41, 5.74) is 0.951. The van der Waals surface area contributed by atoms with Crippen molar-refractivity contribution in [1.82, 2.24) is 9.62 Å². The standard InChI is InChI=1S/C22H23F2N3O3S/c23-17-3-7-19(8-4-17)26-11-13-27(14-12-26)21(22-2-1-15-30-22)16-25-31(28,29)20-9-5-18(24)6-10-20/h1-10,15,21,25H,11-14,16H2/t21-/m1/s1. The van der Waals surface area contributed by atoms with Gasteiger partial charge >= 0.3 is 0 Å². The molecule has 0 bridgehead atoms. The van der Waals surface area contributed by atoms with Crippen LogP contribution < -0.4 is 9.62 Å². The summed E-state index contributed by atoms with van der Waals surface area (Å²) in [5, 5.41) is 0. The van der Waals surface area contributed by atoms with Crippen molar-refractivity contribution in [1.29, 1.82) is 0 Å². The minimum Gasteiger partial charge on any atom is -0.468 e. The van der Waals surface area contributed by atoms with Gasteiger partial charge in [0.1, 0.15) is 17.4 Å². The summed E-state index contributed by atoms with van der Waals surface area (Å²) >= 11 is 0. The zero-order valence-electron chi connectivity index (χ0n) is 16.7. The van der Waals surface area contributed by atoms with Gasteiger partial charge in [-0.1, -0.05) is 0 Å². The quantitative estimate of drug-likeness (QED) is 0.602. The number of rotatable bonds is 7. The van der Waals surface area contributed by atoms with Gasteiger partial charge in [-0.25, -0.2) is 21.9 Å². The summed E-state index contributed by atoms with van der Waals surface area (Å²) < 4.78 is 59.8. The molecule has 0 spiro atoms. The van der Waals surface area contributed by atoms with Gasteiger partial charge in [0, 0.05) is 38.4 Å². The summed E-state index contributed by atoms with van der Waals surface area (Å²) in [6.07, 6.45) is 1.56. The minimum absolute atomic E-state index is 0.00761. The molecule has 1 aromatic heterocycles. The van der Waals surface area contributed by atoms with Crippen LogP contribution in [-0.4, -0.2) is 46.0 Å². The predicted molar refractivity (Wildman–Crippen MR) is 113 cm³/mol. The van der Waals surface area contributed by atoms with E-state index in [1.807, 2.05) is 6.07 Å². The fourth-order valence-electron chi connectivity index (χ4n) is 3.72. The third kappa shape index (κ3) is 5.12. The summed E-state index contributed by atoms with van der Waals surface area (Å²) in [5.74, 6) is -0.0998. The second kappa shape index (κ2) is 9.17. The molecule has 1 fully saturated rings. The first-order valence-corrected chi connectivity index (χ1v) is 11.4.